The van der Waals surface area contributed by atoms with Crippen molar-refractivity contribution in [3.63, 3.8) is 0 Å². The van der Waals surface area contributed by atoms with E-state index >= 15 is 14.4 Å². The van der Waals surface area contributed by atoms with E-state index in [2.05, 4.69) is 20.9 Å². The number of thioether (sulfide) groups is 1. The van der Waals surface area contributed by atoms with Gasteiger partial charge in [0.2, 0.25) is 78.6 Å². The summed E-state index contributed by atoms with van der Waals surface area (Å²) in [5.41, 5.74) is 18.2. The number of fused-ring (bicyclic) bond motifs is 2. The Balaban J connectivity index is 1.43. The lowest BCUT2D eigenvalue weighted by Crippen LogP contribution is -2.55. The van der Waals surface area contributed by atoms with Crippen LogP contribution in [0.3, 0.4) is 0 Å². The number of amides is 11. The number of aliphatic carboxylic acids is 1. The van der Waals surface area contributed by atoms with Crippen LogP contribution in [0.25, 0.3) is 0 Å². The van der Waals surface area contributed by atoms with Gasteiger partial charge in [-0.3, -0.25) is 62.5 Å². The van der Waals surface area contributed by atoms with Crippen molar-refractivity contribution in [1.82, 2.24) is 55.1 Å². The standard InChI is InChI=1S/C71H105N15O21S/c1-49(2)35-83(60(88)34-75-22-19-68(96)97)44-65(93)86(38-52-16-18-56-58(33-52)107-48-105-56)46-66(94)84(36-50-12-9-8-10-13-50)45-67(95)85(37-51-15-17-55-57(32-51)106-47-104-55)43-64(92)82(26-30-103-6)42-63(91)81(25-29-102-5)41-62(90)80(24-28-101-4)40-61(89)79(23-27-100-3)39-59(87)77-54(14-11-21-76-71(73)74)70(99)78-53(69(72)98)20-31-108-7/h8-10,12-13,15-18,32-33,49,53-54,75H,11,14,19-31,34-48H2,1-7H3,(H2,72,98)(H,77,87)(H,78,99)(H,96,97)(H4,73,74,76)/t53-,54-/m0/s1. The molecule has 0 spiro atoms. The first-order chi connectivity index (χ1) is 51.7. The number of primary amides is 1. The molecule has 11 amide bonds. The van der Waals surface area contributed by atoms with Crippen molar-refractivity contribution in [1.29, 1.82) is 0 Å². The normalized spacial score (nSPS) is 12.3. The summed E-state index contributed by atoms with van der Waals surface area (Å²) >= 11 is 1.43. The summed E-state index contributed by atoms with van der Waals surface area (Å²) in [6, 6.07) is 16.4. The number of guanidine groups is 1. The molecule has 5 rings (SSSR count). The molecule has 2 atom stereocenters. The lowest BCUT2D eigenvalue weighted by molar-refractivity contribution is -0.149. The van der Waals surface area contributed by atoms with E-state index in [0.29, 0.717) is 45.4 Å². The van der Waals surface area contributed by atoms with Crippen LogP contribution in [0.5, 0.6) is 23.0 Å². The summed E-state index contributed by atoms with van der Waals surface area (Å²) in [5.74, 6) is -7.13. The average molecular weight is 1540 g/mol. The van der Waals surface area contributed by atoms with Gasteiger partial charge in [-0.05, 0) is 78.1 Å². The highest BCUT2D eigenvalue weighted by Crippen LogP contribution is 2.34. The summed E-state index contributed by atoms with van der Waals surface area (Å²) in [5, 5.41) is 17.2. The third kappa shape index (κ3) is 31.4. The van der Waals surface area contributed by atoms with Crippen molar-refractivity contribution in [2.45, 2.75) is 71.2 Å². The molecule has 596 valence electrons. The zero-order chi connectivity index (χ0) is 79.1. The van der Waals surface area contributed by atoms with E-state index in [1.807, 2.05) is 20.1 Å². The number of aliphatic imine (C=N–C) groups is 1. The highest BCUT2D eigenvalue weighted by atomic mass is 32.2. The number of carbonyl (C=O) groups is 12. The van der Waals surface area contributed by atoms with Crippen LogP contribution in [0.1, 0.15) is 56.2 Å². The van der Waals surface area contributed by atoms with Crippen molar-refractivity contribution < 1.29 is 101 Å². The molecular formula is C71H105N15O21S. The van der Waals surface area contributed by atoms with E-state index in [4.69, 9.17) is 55.1 Å². The molecule has 0 saturated carbocycles. The number of rotatable bonds is 52. The van der Waals surface area contributed by atoms with Crippen molar-refractivity contribution in [3.8, 4) is 23.0 Å². The van der Waals surface area contributed by atoms with E-state index in [-0.39, 0.29) is 150 Å². The number of carbonyl (C=O) groups excluding carboxylic acids is 11. The highest BCUT2D eigenvalue weighted by Gasteiger charge is 2.34. The summed E-state index contributed by atoms with van der Waals surface area (Å²) in [4.78, 5) is 182. The van der Waals surface area contributed by atoms with Crippen molar-refractivity contribution in [2.75, 3.05) is 185 Å². The molecule has 2 heterocycles. The van der Waals surface area contributed by atoms with Crippen molar-refractivity contribution in [3.05, 3.63) is 83.4 Å². The summed E-state index contributed by atoms with van der Waals surface area (Å²) in [6.07, 6.45) is 2.01. The van der Waals surface area contributed by atoms with Gasteiger partial charge in [0.25, 0.3) is 0 Å². The fourth-order valence-corrected chi connectivity index (χ4v) is 11.5. The highest BCUT2D eigenvalue weighted by molar-refractivity contribution is 7.98. The molecule has 10 N–H and O–H groups in total. The molecule has 37 heteroatoms. The minimum Gasteiger partial charge on any atom is -0.481 e. The van der Waals surface area contributed by atoms with Crippen LogP contribution >= 0.6 is 11.8 Å². The molecular weight excluding hydrogens is 1430 g/mol. The number of ether oxygens (including phenoxy) is 8. The Bertz CT molecular complexity index is 3500. The fraction of sp³-hybridized carbons (Fsp3) is 0.563. The quantitative estimate of drug-likeness (QED) is 0.0187. The minimum absolute atomic E-state index is 0.00518. The van der Waals surface area contributed by atoms with Gasteiger partial charge < -0.3 is 115 Å². The molecule has 0 bridgehead atoms. The molecule has 36 nitrogen and oxygen atoms in total. The SMILES string of the molecule is COCCN(CC(=O)N[C@@H](CCCN=C(N)N)C(=O)N[C@@H](CCSC)C(N)=O)C(=O)CN(CCOC)C(=O)CN(CCOC)C(=O)CN(CCOC)C(=O)CN(Cc1ccc2c(c1)OCO2)C(=O)CN(Cc1ccccc1)C(=O)CN(Cc1ccc2c(c1)OCO2)C(=O)CN(CC(C)C)C(=O)CNCCC(=O)O. The van der Waals surface area contributed by atoms with Gasteiger partial charge in [-0.1, -0.05) is 56.3 Å². The maximum atomic E-state index is 15.3. The van der Waals surface area contributed by atoms with Gasteiger partial charge in [-0.25, -0.2) is 0 Å². The van der Waals surface area contributed by atoms with Gasteiger partial charge in [0.1, 0.15) is 31.7 Å². The molecule has 108 heavy (non-hydrogen) atoms. The van der Waals surface area contributed by atoms with E-state index in [1.165, 1.54) is 59.8 Å². The molecule has 0 radical (unpaired) electrons. The van der Waals surface area contributed by atoms with Crippen LogP contribution in [0.15, 0.2) is 71.7 Å². The maximum absolute atomic E-state index is 15.3. The van der Waals surface area contributed by atoms with Gasteiger partial charge in [0.05, 0.1) is 72.1 Å². The number of hydrogen-bond acceptors (Lipinski definition) is 23. The Hall–Kier alpha value is -10.1. The van der Waals surface area contributed by atoms with E-state index in [1.54, 1.807) is 66.7 Å². The monoisotopic (exact) mass is 1540 g/mol. The molecule has 0 fully saturated rings. The minimum atomic E-state index is -1.24. The average Bonchev–Trinajstić information content (AvgIpc) is 1.56. The van der Waals surface area contributed by atoms with Gasteiger partial charge in [0, 0.05) is 93.9 Å². The predicted octanol–water partition coefficient (Wildman–Crippen LogP) is -1.76. The number of carboxylic acid groups (broad SMARTS) is 1. The largest absolute Gasteiger partial charge is 0.481 e. The van der Waals surface area contributed by atoms with E-state index in [9.17, 15) is 48.3 Å². The first kappa shape index (κ1) is 88.5. The Morgan fingerprint density at radius 1 is 0.509 bits per heavy atom. The van der Waals surface area contributed by atoms with Crippen LogP contribution in [-0.4, -0.2) is 318 Å². The molecule has 2 aliphatic heterocycles. The molecule has 3 aromatic rings. The second-order valence-electron chi connectivity index (χ2n) is 25.6. The van der Waals surface area contributed by atoms with Crippen LogP contribution in [0.2, 0.25) is 0 Å². The number of nitrogens with one attached hydrogen (secondary N) is 3. The molecule has 0 unspecified atom stereocenters. The Morgan fingerprint density at radius 3 is 1.34 bits per heavy atom. The Labute approximate surface area is 632 Å². The fourth-order valence-electron chi connectivity index (χ4n) is 11.0. The number of hydrogen-bond donors (Lipinski definition) is 7. The van der Waals surface area contributed by atoms with Crippen molar-refractivity contribution in [2.24, 2.45) is 28.1 Å². The molecule has 0 saturated heterocycles. The third-order valence-electron chi connectivity index (χ3n) is 16.8. The van der Waals surface area contributed by atoms with Gasteiger partial charge in [-0.15, -0.1) is 0 Å². The van der Waals surface area contributed by atoms with Gasteiger partial charge >= 0.3 is 5.97 Å². The van der Waals surface area contributed by atoms with Gasteiger partial charge in [0.15, 0.2) is 29.0 Å². The first-order valence-electron chi connectivity index (χ1n) is 35.1. The lowest BCUT2D eigenvalue weighted by atomic mass is 10.1. The number of benzene rings is 3. The summed E-state index contributed by atoms with van der Waals surface area (Å²) in [7, 11) is 5.50. The number of carboxylic acids is 1. The van der Waals surface area contributed by atoms with Crippen LogP contribution < -0.4 is 52.1 Å². The molecule has 2 aliphatic rings. The van der Waals surface area contributed by atoms with Crippen LogP contribution in [-0.2, 0) is 96.1 Å². The van der Waals surface area contributed by atoms with E-state index < -0.39 is 135 Å². The number of nitrogens with zero attached hydrogens (tertiary/aromatic N) is 9. The van der Waals surface area contributed by atoms with Crippen LogP contribution in [0, 0.1) is 5.92 Å². The van der Waals surface area contributed by atoms with Gasteiger partial charge in [-0.2, -0.15) is 11.8 Å². The number of methoxy groups -OCH3 is 4. The topological polar surface area (TPSA) is 451 Å². The predicted molar refractivity (Wildman–Crippen MR) is 394 cm³/mol. The molecule has 0 aliphatic carbocycles. The zero-order valence-electron chi connectivity index (χ0n) is 62.6. The van der Waals surface area contributed by atoms with Crippen molar-refractivity contribution >= 4 is 88.7 Å². The first-order valence-corrected chi connectivity index (χ1v) is 36.5. The second kappa shape index (κ2) is 47.6. The van der Waals surface area contributed by atoms with Crippen LogP contribution in [0.4, 0.5) is 0 Å². The lowest BCUT2D eigenvalue weighted by Gasteiger charge is -2.33. The smallest absolute Gasteiger partial charge is 0.304 e. The number of nitrogens with two attached hydrogens (primary N) is 3. The summed E-state index contributed by atoms with van der Waals surface area (Å²) < 4.78 is 43.8. The molecule has 0 aromatic heterocycles. The Morgan fingerprint density at radius 2 is 0.926 bits per heavy atom. The summed E-state index contributed by atoms with van der Waals surface area (Å²) in [6.45, 7) is -3.19. The van der Waals surface area contributed by atoms with E-state index in [0.717, 1.165) is 19.6 Å². The third-order valence-corrected chi connectivity index (χ3v) is 17.4. The second-order valence-corrected chi connectivity index (χ2v) is 26.6. The Kier molecular flexibility index (Phi) is 39.0. The molecule has 3 aromatic carbocycles. The maximum Gasteiger partial charge on any atom is 0.304 e. The zero-order valence-corrected chi connectivity index (χ0v) is 63.4.